The Kier molecular flexibility index (Phi) is 8.88. The van der Waals surface area contributed by atoms with Crippen LogP contribution >= 0.6 is 0 Å². The van der Waals surface area contributed by atoms with Crippen LogP contribution in [0.4, 0.5) is 22.1 Å². The molecule has 0 radical (unpaired) electrons. The number of ether oxygens (including phenoxy) is 2. The summed E-state index contributed by atoms with van der Waals surface area (Å²) in [6, 6.07) is 6.60. The van der Waals surface area contributed by atoms with Crippen molar-refractivity contribution in [3.05, 3.63) is 65.3 Å². The van der Waals surface area contributed by atoms with Crippen LogP contribution in [0.5, 0.6) is 0 Å². The van der Waals surface area contributed by atoms with Crippen molar-refractivity contribution in [2.75, 3.05) is 30.6 Å². The van der Waals surface area contributed by atoms with Gasteiger partial charge in [0.15, 0.2) is 11.6 Å². The van der Waals surface area contributed by atoms with Gasteiger partial charge in [-0.1, -0.05) is 18.1 Å². The van der Waals surface area contributed by atoms with Gasteiger partial charge < -0.3 is 29.7 Å². The van der Waals surface area contributed by atoms with Crippen molar-refractivity contribution in [3.8, 4) is 0 Å². The number of aromatic nitrogens is 4. The van der Waals surface area contributed by atoms with Gasteiger partial charge in [0.2, 0.25) is 6.79 Å². The van der Waals surface area contributed by atoms with Crippen molar-refractivity contribution >= 4 is 46.7 Å². The average molecular weight is 566 g/mol. The minimum atomic E-state index is -1.02. The van der Waals surface area contributed by atoms with Crippen molar-refractivity contribution in [1.82, 2.24) is 24.7 Å². The van der Waals surface area contributed by atoms with Gasteiger partial charge in [-0.3, -0.25) is 9.59 Å². The first-order valence-corrected chi connectivity index (χ1v) is 12.4. The zero-order valence-electron chi connectivity index (χ0n) is 22.4. The fourth-order valence-corrected chi connectivity index (χ4v) is 3.87. The molecular formula is C26H27N7O8. The first kappa shape index (κ1) is 28.7. The molecule has 0 aliphatic heterocycles. The molecule has 3 amide bonds. The lowest BCUT2D eigenvalue weighted by Crippen LogP contribution is -2.38. The van der Waals surface area contributed by atoms with Crippen LogP contribution in [0.1, 0.15) is 45.2 Å². The van der Waals surface area contributed by atoms with Crippen LogP contribution in [0.25, 0.3) is 5.52 Å². The molecule has 214 valence electrons. The number of aliphatic hydroxyl groups excluding tert-OH is 1. The third kappa shape index (κ3) is 6.47. The predicted octanol–water partition coefficient (Wildman–Crippen LogP) is 2.81. The van der Waals surface area contributed by atoms with Gasteiger partial charge in [-0.05, 0) is 43.5 Å². The molecule has 0 aliphatic rings. The van der Waals surface area contributed by atoms with E-state index >= 15 is 0 Å². The van der Waals surface area contributed by atoms with Gasteiger partial charge in [0.05, 0.1) is 5.56 Å². The summed E-state index contributed by atoms with van der Waals surface area (Å²) in [6.07, 6.45) is 3.54. The number of fused-ring (bicyclic) bond motifs is 1. The van der Waals surface area contributed by atoms with E-state index < -0.39 is 37.3 Å². The van der Waals surface area contributed by atoms with E-state index in [0.717, 1.165) is 10.5 Å². The largest absolute Gasteiger partial charge is 0.426 e. The third-order valence-corrected chi connectivity index (χ3v) is 5.93. The minimum absolute atomic E-state index is 0.0381. The van der Waals surface area contributed by atoms with Crippen LogP contribution in [0.2, 0.25) is 0 Å². The lowest BCUT2D eigenvalue weighted by atomic mass is 10.1. The number of aryl methyl sites for hydroxylation is 2. The number of benzene rings is 1. The molecule has 15 heteroatoms. The standard InChI is InChI=1S/C26H27N7O8/c1-4-8-32(26(38)40-14-39-21(35)12-34)25(37)18-11-33-22(16(18)3)23(27-13-28-33)29-19-10-17(6-5-15(19)2)24(36)30-20-7-9-41-31-20/h5-7,9-11,13,34H,4,8,12,14H2,1-3H3,(H,27,28,29)(H,30,31,36). The molecule has 41 heavy (non-hydrogen) atoms. The summed E-state index contributed by atoms with van der Waals surface area (Å²) in [5, 5.41) is 22.5. The molecule has 0 unspecified atom stereocenters. The molecule has 3 aromatic heterocycles. The van der Waals surface area contributed by atoms with Crippen LogP contribution in [0, 0.1) is 13.8 Å². The van der Waals surface area contributed by atoms with Gasteiger partial charge >= 0.3 is 12.1 Å². The molecule has 0 fully saturated rings. The Balaban J connectivity index is 1.60. The van der Waals surface area contributed by atoms with Crippen LogP contribution in [0.3, 0.4) is 0 Å². The number of anilines is 3. The number of carbonyl (C=O) groups excluding carboxylic acids is 4. The number of rotatable bonds is 10. The summed E-state index contributed by atoms with van der Waals surface area (Å²) in [5.41, 5.74) is 2.88. The summed E-state index contributed by atoms with van der Waals surface area (Å²) >= 11 is 0. The van der Waals surface area contributed by atoms with Gasteiger partial charge in [0.1, 0.15) is 24.7 Å². The minimum Gasteiger partial charge on any atom is -0.426 e. The molecule has 3 heterocycles. The number of nitrogens with zero attached hydrogens (tertiary/aromatic N) is 5. The van der Waals surface area contributed by atoms with Crippen molar-refractivity contribution in [1.29, 1.82) is 0 Å². The number of esters is 1. The second kappa shape index (κ2) is 12.7. The lowest BCUT2D eigenvalue weighted by molar-refractivity contribution is -0.155. The first-order chi connectivity index (χ1) is 19.7. The van der Waals surface area contributed by atoms with E-state index in [1.165, 1.54) is 29.4 Å². The monoisotopic (exact) mass is 565 g/mol. The number of imide groups is 1. The Bertz CT molecular complexity index is 1580. The fourth-order valence-electron chi connectivity index (χ4n) is 3.87. The number of carbonyl (C=O) groups is 4. The third-order valence-electron chi connectivity index (χ3n) is 5.93. The van der Waals surface area contributed by atoms with Gasteiger partial charge in [-0.15, -0.1) is 0 Å². The van der Waals surface area contributed by atoms with E-state index in [2.05, 4.69) is 30.6 Å². The normalized spacial score (nSPS) is 10.7. The van der Waals surface area contributed by atoms with Crippen LogP contribution < -0.4 is 10.6 Å². The molecule has 3 N–H and O–H groups in total. The summed E-state index contributed by atoms with van der Waals surface area (Å²) < 4.78 is 15.6. The SMILES string of the molecule is CCCN(C(=O)OCOC(=O)CO)C(=O)c1cn2ncnc(Nc3cc(C(=O)Nc4ccon4)ccc3C)c2c1C. The van der Waals surface area contributed by atoms with E-state index in [0.29, 0.717) is 34.6 Å². The Labute approximate surface area is 233 Å². The summed E-state index contributed by atoms with van der Waals surface area (Å²) in [6.45, 7) is 3.73. The number of hydrogen-bond donors (Lipinski definition) is 3. The molecule has 1 aromatic carbocycles. The molecule has 0 aliphatic carbocycles. The van der Waals surface area contributed by atoms with E-state index in [-0.39, 0.29) is 17.9 Å². The second-order valence-corrected chi connectivity index (χ2v) is 8.72. The Morgan fingerprint density at radius 3 is 2.66 bits per heavy atom. The predicted molar refractivity (Wildman–Crippen MR) is 142 cm³/mol. The number of nitrogens with one attached hydrogen (secondary N) is 2. The van der Waals surface area contributed by atoms with E-state index in [9.17, 15) is 19.2 Å². The molecule has 0 bridgehead atoms. The van der Waals surface area contributed by atoms with Crippen LogP contribution in [0.15, 0.2) is 47.6 Å². The van der Waals surface area contributed by atoms with Gasteiger partial charge in [0.25, 0.3) is 11.8 Å². The average Bonchev–Trinajstić information content (AvgIpc) is 3.60. The molecule has 0 atom stereocenters. The quantitative estimate of drug-likeness (QED) is 0.188. The van der Waals surface area contributed by atoms with Gasteiger partial charge in [0, 0.05) is 30.1 Å². The topological polar surface area (TPSA) is 190 Å². The van der Waals surface area contributed by atoms with Crippen molar-refractivity contribution < 1.29 is 38.3 Å². The summed E-state index contributed by atoms with van der Waals surface area (Å²) in [7, 11) is 0. The highest BCUT2D eigenvalue weighted by Crippen LogP contribution is 2.28. The smallest absolute Gasteiger partial charge is 0.419 e. The van der Waals surface area contributed by atoms with Crippen molar-refractivity contribution in [2.45, 2.75) is 27.2 Å². The van der Waals surface area contributed by atoms with Crippen molar-refractivity contribution in [2.24, 2.45) is 0 Å². The van der Waals surface area contributed by atoms with E-state index in [4.69, 9.17) is 14.4 Å². The molecule has 4 rings (SSSR count). The number of aliphatic hydroxyl groups is 1. The van der Waals surface area contributed by atoms with E-state index in [1.807, 2.05) is 6.92 Å². The highest BCUT2D eigenvalue weighted by Gasteiger charge is 2.28. The zero-order chi connectivity index (χ0) is 29.5. The molecule has 0 saturated carbocycles. The highest BCUT2D eigenvalue weighted by molar-refractivity contribution is 6.06. The Morgan fingerprint density at radius 2 is 1.95 bits per heavy atom. The summed E-state index contributed by atoms with van der Waals surface area (Å²) in [5.74, 6) is -1.39. The molecule has 0 saturated heterocycles. The second-order valence-electron chi connectivity index (χ2n) is 8.72. The Morgan fingerprint density at radius 1 is 1.15 bits per heavy atom. The van der Waals surface area contributed by atoms with Gasteiger partial charge in [-0.2, -0.15) is 5.10 Å². The van der Waals surface area contributed by atoms with Gasteiger partial charge in [-0.25, -0.2) is 24.0 Å². The molecule has 0 spiro atoms. The van der Waals surface area contributed by atoms with Crippen molar-refractivity contribution in [3.63, 3.8) is 0 Å². The van der Waals surface area contributed by atoms with Crippen LogP contribution in [-0.4, -0.2) is 73.6 Å². The molecule has 15 nitrogen and oxygen atoms in total. The maximum atomic E-state index is 13.4. The number of hydrogen-bond acceptors (Lipinski definition) is 12. The molecule has 4 aromatic rings. The first-order valence-electron chi connectivity index (χ1n) is 12.4. The maximum absolute atomic E-state index is 13.4. The highest BCUT2D eigenvalue weighted by atomic mass is 16.7. The summed E-state index contributed by atoms with van der Waals surface area (Å²) in [4.78, 5) is 55.1. The molecular weight excluding hydrogens is 538 g/mol. The lowest BCUT2D eigenvalue weighted by Gasteiger charge is -2.19. The zero-order valence-corrected chi connectivity index (χ0v) is 22.4. The maximum Gasteiger partial charge on any atom is 0.419 e. The fraction of sp³-hybridized carbons (Fsp3) is 0.269. The van der Waals surface area contributed by atoms with Crippen LogP contribution in [-0.2, 0) is 14.3 Å². The number of amides is 3. The van der Waals surface area contributed by atoms with E-state index in [1.54, 1.807) is 32.0 Å². The Hall–Kier alpha value is -5.31.